The van der Waals surface area contributed by atoms with Crippen LogP contribution in [0.1, 0.15) is 36.9 Å². The average molecular weight is 223 g/mol. The molecule has 0 aliphatic carbocycles. The molecule has 2 unspecified atom stereocenters. The van der Waals surface area contributed by atoms with Crippen molar-refractivity contribution in [2.75, 3.05) is 19.6 Å². The van der Waals surface area contributed by atoms with Crippen LogP contribution in [0.25, 0.3) is 0 Å². The predicted octanol–water partition coefficient (Wildman–Crippen LogP) is 1.65. The van der Waals surface area contributed by atoms with Gasteiger partial charge in [-0.1, -0.05) is 5.16 Å². The summed E-state index contributed by atoms with van der Waals surface area (Å²) in [5.41, 5.74) is 2.28. The van der Waals surface area contributed by atoms with Gasteiger partial charge < -0.3 is 9.84 Å². The number of nitrogens with zero attached hydrogens (tertiary/aromatic N) is 2. The van der Waals surface area contributed by atoms with E-state index in [2.05, 4.69) is 29.2 Å². The Hall–Kier alpha value is -0.870. The largest absolute Gasteiger partial charge is 0.361 e. The lowest BCUT2D eigenvalue weighted by molar-refractivity contribution is 0.157. The molecule has 1 aliphatic rings. The Bertz CT molecular complexity index is 342. The number of nitrogens with one attached hydrogen (secondary N) is 1. The van der Waals surface area contributed by atoms with Crippen molar-refractivity contribution in [3.63, 3.8) is 0 Å². The Labute approximate surface area is 97.0 Å². The van der Waals surface area contributed by atoms with Crippen molar-refractivity contribution in [2.45, 2.75) is 39.8 Å². The van der Waals surface area contributed by atoms with E-state index in [4.69, 9.17) is 4.52 Å². The van der Waals surface area contributed by atoms with Crippen molar-refractivity contribution in [1.82, 2.24) is 15.4 Å². The minimum absolute atomic E-state index is 0.399. The minimum atomic E-state index is 0.399. The highest BCUT2D eigenvalue weighted by molar-refractivity contribution is 5.24. The van der Waals surface area contributed by atoms with E-state index >= 15 is 0 Å². The zero-order valence-electron chi connectivity index (χ0n) is 10.6. The summed E-state index contributed by atoms with van der Waals surface area (Å²) in [6.45, 7) is 11.7. The highest BCUT2D eigenvalue weighted by atomic mass is 16.5. The summed E-state index contributed by atoms with van der Waals surface area (Å²) in [7, 11) is 0. The quantitative estimate of drug-likeness (QED) is 0.827. The molecule has 1 aromatic rings. The standard InChI is InChI=1S/C12H21N3O/c1-8-7-15(6-5-13-8)10(3)12-9(2)14-16-11(12)4/h8,10,13H,5-7H2,1-4H3. The highest BCUT2D eigenvalue weighted by Gasteiger charge is 2.25. The topological polar surface area (TPSA) is 41.3 Å². The monoisotopic (exact) mass is 223 g/mol. The molecule has 0 spiro atoms. The fourth-order valence-electron chi connectivity index (χ4n) is 2.58. The molecule has 2 atom stereocenters. The zero-order valence-corrected chi connectivity index (χ0v) is 10.6. The van der Waals surface area contributed by atoms with Crippen molar-refractivity contribution in [1.29, 1.82) is 0 Å². The number of rotatable bonds is 2. The molecular weight excluding hydrogens is 202 g/mol. The van der Waals surface area contributed by atoms with E-state index in [0.717, 1.165) is 31.1 Å². The number of hydrogen-bond donors (Lipinski definition) is 1. The first-order chi connectivity index (χ1) is 7.59. The molecule has 0 radical (unpaired) electrons. The molecule has 90 valence electrons. The molecule has 16 heavy (non-hydrogen) atoms. The third-order valence-electron chi connectivity index (χ3n) is 3.45. The van der Waals surface area contributed by atoms with E-state index in [1.54, 1.807) is 0 Å². The maximum absolute atomic E-state index is 5.24. The van der Waals surface area contributed by atoms with Crippen molar-refractivity contribution in [2.24, 2.45) is 0 Å². The van der Waals surface area contributed by atoms with Crippen LogP contribution < -0.4 is 5.32 Å². The number of piperazine rings is 1. The lowest BCUT2D eigenvalue weighted by Gasteiger charge is -2.36. The van der Waals surface area contributed by atoms with E-state index < -0.39 is 0 Å². The van der Waals surface area contributed by atoms with Crippen molar-refractivity contribution in [3.8, 4) is 0 Å². The first-order valence-electron chi connectivity index (χ1n) is 5.99. The van der Waals surface area contributed by atoms with Gasteiger partial charge >= 0.3 is 0 Å². The Morgan fingerprint density at radius 3 is 2.81 bits per heavy atom. The van der Waals surface area contributed by atoms with Gasteiger partial charge in [-0.15, -0.1) is 0 Å². The van der Waals surface area contributed by atoms with Crippen LogP contribution in [-0.2, 0) is 0 Å². The van der Waals surface area contributed by atoms with Crippen LogP contribution >= 0.6 is 0 Å². The van der Waals surface area contributed by atoms with Gasteiger partial charge in [0.1, 0.15) is 5.76 Å². The van der Waals surface area contributed by atoms with Gasteiger partial charge in [0, 0.05) is 37.3 Å². The van der Waals surface area contributed by atoms with E-state index in [-0.39, 0.29) is 0 Å². The van der Waals surface area contributed by atoms with Crippen LogP contribution in [0.2, 0.25) is 0 Å². The van der Waals surface area contributed by atoms with Gasteiger partial charge in [-0.05, 0) is 27.7 Å². The Balaban J connectivity index is 2.15. The Morgan fingerprint density at radius 2 is 2.25 bits per heavy atom. The van der Waals surface area contributed by atoms with Crippen LogP contribution in [0.4, 0.5) is 0 Å². The van der Waals surface area contributed by atoms with Crippen LogP contribution in [0.15, 0.2) is 4.52 Å². The first-order valence-corrected chi connectivity index (χ1v) is 5.99. The SMILES string of the molecule is Cc1noc(C)c1C(C)N1CCNC(C)C1. The van der Waals surface area contributed by atoms with Gasteiger partial charge in [-0.25, -0.2) is 0 Å². The highest BCUT2D eigenvalue weighted by Crippen LogP contribution is 2.26. The number of aryl methyl sites for hydroxylation is 2. The lowest BCUT2D eigenvalue weighted by atomic mass is 10.0. The summed E-state index contributed by atoms with van der Waals surface area (Å²) >= 11 is 0. The van der Waals surface area contributed by atoms with E-state index in [0.29, 0.717) is 12.1 Å². The summed E-state index contributed by atoms with van der Waals surface area (Å²) in [6, 6.07) is 0.965. The second-order valence-corrected chi connectivity index (χ2v) is 4.76. The molecule has 1 aliphatic heterocycles. The fraction of sp³-hybridized carbons (Fsp3) is 0.750. The molecule has 2 rings (SSSR count). The van der Waals surface area contributed by atoms with E-state index in [1.807, 2.05) is 13.8 Å². The van der Waals surface area contributed by atoms with E-state index in [1.165, 1.54) is 5.56 Å². The number of hydrogen-bond acceptors (Lipinski definition) is 4. The molecule has 0 amide bonds. The Kier molecular flexibility index (Phi) is 3.30. The van der Waals surface area contributed by atoms with E-state index in [9.17, 15) is 0 Å². The smallest absolute Gasteiger partial charge is 0.138 e. The summed E-state index contributed by atoms with van der Waals surface area (Å²) in [5, 5.41) is 7.49. The maximum atomic E-state index is 5.24. The molecule has 1 N–H and O–H groups in total. The average Bonchev–Trinajstić information content (AvgIpc) is 2.58. The molecule has 1 fully saturated rings. The predicted molar refractivity (Wildman–Crippen MR) is 63.4 cm³/mol. The van der Waals surface area contributed by atoms with Crippen LogP contribution in [0.3, 0.4) is 0 Å². The summed E-state index contributed by atoms with van der Waals surface area (Å²) in [6.07, 6.45) is 0. The molecule has 4 heteroatoms. The fourth-order valence-corrected chi connectivity index (χ4v) is 2.58. The van der Waals surface area contributed by atoms with Gasteiger partial charge in [-0.3, -0.25) is 4.90 Å². The summed E-state index contributed by atoms with van der Waals surface area (Å²) < 4.78 is 5.24. The van der Waals surface area contributed by atoms with Crippen molar-refractivity contribution in [3.05, 3.63) is 17.0 Å². The van der Waals surface area contributed by atoms with Crippen LogP contribution in [0.5, 0.6) is 0 Å². The molecular formula is C12H21N3O. The lowest BCUT2D eigenvalue weighted by Crippen LogP contribution is -2.49. The molecule has 1 aromatic heterocycles. The summed E-state index contributed by atoms with van der Waals surface area (Å²) in [4.78, 5) is 2.49. The first kappa shape index (κ1) is 11.6. The van der Waals surface area contributed by atoms with Crippen molar-refractivity contribution >= 4 is 0 Å². The third-order valence-corrected chi connectivity index (χ3v) is 3.45. The zero-order chi connectivity index (χ0) is 11.7. The normalized spacial score (nSPS) is 24.6. The third kappa shape index (κ3) is 2.13. The van der Waals surface area contributed by atoms with Gasteiger partial charge in [-0.2, -0.15) is 0 Å². The molecule has 0 saturated carbocycles. The Morgan fingerprint density at radius 1 is 1.50 bits per heavy atom. The van der Waals surface area contributed by atoms with Gasteiger partial charge in [0.2, 0.25) is 0 Å². The molecule has 0 bridgehead atoms. The van der Waals surface area contributed by atoms with Crippen molar-refractivity contribution < 1.29 is 4.52 Å². The molecule has 4 nitrogen and oxygen atoms in total. The molecule has 2 heterocycles. The van der Waals surface area contributed by atoms with Gasteiger partial charge in [0.05, 0.1) is 5.69 Å². The number of aromatic nitrogens is 1. The van der Waals surface area contributed by atoms with Gasteiger partial charge in [0.15, 0.2) is 0 Å². The van der Waals surface area contributed by atoms with Crippen LogP contribution in [-0.4, -0.2) is 35.7 Å². The second-order valence-electron chi connectivity index (χ2n) is 4.76. The molecule has 0 aromatic carbocycles. The second kappa shape index (κ2) is 4.55. The summed E-state index contributed by atoms with van der Waals surface area (Å²) in [5.74, 6) is 0.955. The minimum Gasteiger partial charge on any atom is -0.361 e. The van der Waals surface area contributed by atoms with Crippen LogP contribution in [0, 0.1) is 13.8 Å². The van der Waals surface area contributed by atoms with Gasteiger partial charge in [0.25, 0.3) is 0 Å². The maximum Gasteiger partial charge on any atom is 0.138 e. The molecule has 1 saturated heterocycles.